The van der Waals surface area contributed by atoms with Gasteiger partial charge >= 0.3 is 16.3 Å². The maximum atomic E-state index is 13.2. The smallest absolute Gasteiger partial charge is 0.366 e. The van der Waals surface area contributed by atoms with Crippen LogP contribution in [0.15, 0.2) is 24.4 Å². The minimum atomic E-state index is -4.21. The van der Waals surface area contributed by atoms with Gasteiger partial charge in [-0.3, -0.25) is 8.98 Å². The molecule has 0 spiro atoms. The van der Waals surface area contributed by atoms with Crippen molar-refractivity contribution < 1.29 is 31.6 Å². The largest absolute Gasteiger partial charge is 0.497 e. The highest BCUT2D eigenvalue weighted by molar-refractivity contribution is 7.85. The molecule has 1 aliphatic heterocycles. The van der Waals surface area contributed by atoms with Gasteiger partial charge in [0.1, 0.15) is 12.4 Å². The summed E-state index contributed by atoms with van der Waals surface area (Å²) in [4.78, 5) is 14.6. The van der Waals surface area contributed by atoms with E-state index in [0.717, 1.165) is 21.5 Å². The van der Waals surface area contributed by atoms with Crippen molar-refractivity contribution >= 4 is 27.2 Å². The van der Waals surface area contributed by atoms with Gasteiger partial charge in [0.15, 0.2) is 0 Å². The third kappa shape index (κ3) is 5.87. The lowest BCUT2D eigenvalue weighted by atomic mass is 9.89. The SMILES string of the molecule is COc1ccc2c(CCN(C)C)cn(S(=O)(=O)OCC(C)(C)C(=O)OCC3(C)COC3)c2c1. The van der Waals surface area contributed by atoms with Crippen LogP contribution in [0.25, 0.3) is 10.9 Å². The number of fused-ring (bicyclic) bond motifs is 1. The molecule has 1 aliphatic rings. The van der Waals surface area contributed by atoms with Crippen molar-refractivity contribution in [3.63, 3.8) is 0 Å². The van der Waals surface area contributed by atoms with E-state index in [2.05, 4.69) is 0 Å². The number of esters is 1. The molecule has 0 aliphatic carbocycles. The average Bonchev–Trinajstić information content (AvgIpc) is 3.12. The number of carbonyl (C=O) groups excluding carboxylic acids is 1. The number of benzene rings is 1. The second-order valence-electron chi connectivity index (χ2n) is 9.87. The summed E-state index contributed by atoms with van der Waals surface area (Å²) in [5.74, 6) is 0.0186. The van der Waals surface area contributed by atoms with E-state index in [9.17, 15) is 13.2 Å². The molecule has 0 N–H and O–H groups in total. The Kier molecular flexibility index (Phi) is 7.42. The first-order valence-electron chi connectivity index (χ1n) is 10.8. The van der Waals surface area contributed by atoms with Crippen molar-refractivity contribution in [2.24, 2.45) is 10.8 Å². The summed E-state index contributed by atoms with van der Waals surface area (Å²) in [6.07, 6.45) is 2.24. The first kappa shape index (κ1) is 25.5. The Morgan fingerprint density at radius 2 is 1.97 bits per heavy atom. The molecule has 0 atom stereocenters. The summed E-state index contributed by atoms with van der Waals surface area (Å²) < 4.78 is 48.7. The van der Waals surface area contributed by atoms with E-state index in [1.807, 2.05) is 32.0 Å². The van der Waals surface area contributed by atoms with Crippen LogP contribution < -0.4 is 4.74 Å². The molecule has 1 aromatic carbocycles. The number of carbonyl (C=O) groups is 1. The standard InChI is InChI=1S/C23H34N2O7S/c1-22(2,21(26)31-16-23(3)14-30-15-23)13-32-33(27,28)25-12-17(9-10-24(4)5)19-8-7-18(29-6)11-20(19)25/h7-8,11-12H,9-10,13-16H2,1-6H3. The quantitative estimate of drug-likeness (QED) is 0.451. The van der Waals surface area contributed by atoms with Gasteiger partial charge in [-0.1, -0.05) is 6.92 Å². The molecule has 184 valence electrons. The lowest BCUT2D eigenvalue weighted by molar-refractivity contribution is -0.174. The molecule has 2 heterocycles. The molecule has 33 heavy (non-hydrogen) atoms. The van der Waals surface area contributed by atoms with Gasteiger partial charge in [-0.05, 0) is 52.1 Å². The van der Waals surface area contributed by atoms with E-state index in [4.69, 9.17) is 18.4 Å². The van der Waals surface area contributed by atoms with Crippen molar-refractivity contribution in [1.82, 2.24) is 8.87 Å². The fourth-order valence-corrected chi connectivity index (χ4v) is 4.61. The number of ether oxygens (including phenoxy) is 3. The maximum Gasteiger partial charge on any atom is 0.366 e. The maximum absolute atomic E-state index is 13.2. The van der Waals surface area contributed by atoms with Gasteiger partial charge in [-0.25, -0.2) is 3.97 Å². The number of hydrogen-bond donors (Lipinski definition) is 0. The number of rotatable bonds is 11. The summed E-state index contributed by atoms with van der Waals surface area (Å²) >= 11 is 0. The summed E-state index contributed by atoms with van der Waals surface area (Å²) in [7, 11) is 1.23. The second kappa shape index (κ2) is 9.61. The van der Waals surface area contributed by atoms with E-state index < -0.39 is 21.7 Å². The average molecular weight is 483 g/mol. The number of aromatic nitrogens is 1. The lowest BCUT2D eigenvalue weighted by Gasteiger charge is -2.37. The zero-order valence-electron chi connectivity index (χ0n) is 20.2. The first-order valence-corrected chi connectivity index (χ1v) is 12.2. The molecule has 0 amide bonds. The van der Waals surface area contributed by atoms with E-state index in [-0.39, 0.29) is 18.6 Å². The molecule has 1 aromatic heterocycles. The molecule has 0 radical (unpaired) electrons. The van der Waals surface area contributed by atoms with Crippen LogP contribution in [-0.4, -0.2) is 77.4 Å². The van der Waals surface area contributed by atoms with Crippen LogP contribution in [0.1, 0.15) is 26.3 Å². The monoisotopic (exact) mass is 482 g/mol. The first-order chi connectivity index (χ1) is 15.4. The number of likely N-dealkylation sites (N-methyl/N-ethyl adjacent to an activating group) is 1. The Hall–Kier alpha value is -2.14. The van der Waals surface area contributed by atoms with E-state index >= 15 is 0 Å². The molecule has 0 saturated carbocycles. The Morgan fingerprint density at radius 1 is 1.27 bits per heavy atom. The van der Waals surface area contributed by atoms with Crippen LogP contribution in [0, 0.1) is 10.8 Å². The van der Waals surface area contributed by atoms with Crippen LogP contribution in [0.2, 0.25) is 0 Å². The highest BCUT2D eigenvalue weighted by Gasteiger charge is 2.38. The zero-order valence-corrected chi connectivity index (χ0v) is 21.0. The Morgan fingerprint density at radius 3 is 2.55 bits per heavy atom. The second-order valence-corrected chi connectivity index (χ2v) is 11.4. The molecule has 0 unspecified atom stereocenters. The predicted octanol–water partition coefficient (Wildman–Crippen LogP) is 2.47. The van der Waals surface area contributed by atoms with E-state index in [0.29, 0.717) is 30.9 Å². The molecule has 0 bridgehead atoms. The van der Waals surface area contributed by atoms with Crippen LogP contribution >= 0.6 is 0 Å². The topological polar surface area (TPSA) is 96.3 Å². The molecule has 3 rings (SSSR count). The minimum absolute atomic E-state index is 0.190. The minimum Gasteiger partial charge on any atom is -0.497 e. The Labute approximate surface area is 195 Å². The summed E-state index contributed by atoms with van der Waals surface area (Å²) in [6.45, 7) is 6.87. The van der Waals surface area contributed by atoms with Gasteiger partial charge in [-0.15, -0.1) is 0 Å². The lowest BCUT2D eigenvalue weighted by Crippen LogP contribution is -2.45. The third-order valence-electron chi connectivity index (χ3n) is 5.70. The molecular formula is C23H34N2O7S. The van der Waals surface area contributed by atoms with Crippen LogP contribution in [0.5, 0.6) is 5.75 Å². The summed E-state index contributed by atoms with van der Waals surface area (Å²) in [5, 5.41) is 0.805. The predicted molar refractivity (Wildman–Crippen MR) is 125 cm³/mol. The molecule has 10 heteroatoms. The molecule has 2 aromatic rings. The summed E-state index contributed by atoms with van der Waals surface area (Å²) in [6, 6.07) is 5.31. The normalized spacial score (nSPS) is 16.1. The van der Waals surface area contributed by atoms with Gasteiger partial charge in [0.2, 0.25) is 0 Å². The van der Waals surface area contributed by atoms with E-state index in [1.165, 1.54) is 7.11 Å². The highest BCUT2D eigenvalue weighted by atomic mass is 32.2. The van der Waals surface area contributed by atoms with Crippen molar-refractivity contribution in [1.29, 1.82) is 0 Å². The molecular weight excluding hydrogens is 448 g/mol. The van der Waals surface area contributed by atoms with E-state index in [1.54, 1.807) is 32.2 Å². The Balaban J connectivity index is 1.79. The third-order valence-corrected chi connectivity index (χ3v) is 6.90. The van der Waals surface area contributed by atoms with Crippen molar-refractivity contribution in [3.05, 3.63) is 30.0 Å². The van der Waals surface area contributed by atoms with Gasteiger partial charge in [0.25, 0.3) is 0 Å². The fraction of sp³-hybridized carbons (Fsp3) is 0.609. The van der Waals surface area contributed by atoms with Gasteiger partial charge < -0.3 is 19.1 Å². The van der Waals surface area contributed by atoms with Gasteiger partial charge in [0.05, 0.1) is 37.9 Å². The summed E-state index contributed by atoms with van der Waals surface area (Å²) in [5.41, 5.74) is -0.00255. The van der Waals surface area contributed by atoms with Gasteiger partial charge in [-0.2, -0.15) is 8.42 Å². The Bertz CT molecular complexity index is 1100. The van der Waals surface area contributed by atoms with Crippen molar-refractivity contribution in [3.8, 4) is 5.75 Å². The fourth-order valence-electron chi connectivity index (χ4n) is 3.41. The van der Waals surface area contributed by atoms with Crippen LogP contribution in [-0.2, 0) is 35.2 Å². The molecule has 1 saturated heterocycles. The number of nitrogens with zero attached hydrogens (tertiary/aromatic N) is 2. The van der Waals surface area contributed by atoms with Crippen molar-refractivity contribution in [2.45, 2.75) is 27.2 Å². The van der Waals surface area contributed by atoms with Crippen LogP contribution in [0.4, 0.5) is 0 Å². The number of methoxy groups -OCH3 is 1. The molecule has 9 nitrogen and oxygen atoms in total. The van der Waals surface area contributed by atoms with Gasteiger partial charge in [0, 0.05) is 29.6 Å². The zero-order chi connectivity index (χ0) is 24.4. The number of hydrogen-bond acceptors (Lipinski definition) is 8. The van der Waals surface area contributed by atoms with Crippen molar-refractivity contribution in [2.75, 3.05) is 54.2 Å². The van der Waals surface area contributed by atoms with Crippen LogP contribution in [0.3, 0.4) is 0 Å². The molecule has 1 fully saturated rings. The highest BCUT2D eigenvalue weighted by Crippen LogP contribution is 2.30.